The Hall–Kier alpha value is -2.68. The Morgan fingerprint density at radius 2 is 1.96 bits per heavy atom. The van der Waals surface area contributed by atoms with Crippen LogP contribution < -0.4 is 4.90 Å². The van der Waals surface area contributed by atoms with Crippen LogP contribution in [0.2, 0.25) is 0 Å². The molecule has 140 valence electrons. The lowest BCUT2D eigenvalue weighted by atomic mass is 10.1. The lowest BCUT2D eigenvalue weighted by molar-refractivity contribution is -0.138. The van der Waals surface area contributed by atoms with Gasteiger partial charge in [-0.1, -0.05) is 18.2 Å². The minimum Gasteiger partial charge on any atom is -0.348 e. The topological polar surface area (TPSA) is 49.6 Å². The van der Waals surface area contributed by atoms with Gasteiger partial charge in [0.2, 0.25) is 5.65 Å². The molecular formula is C18H17F3N6. The van der Waals surface area contributed by atoms with Crippen LogP contribution >= 0.6 is 0 Å². The number of alkyl halides is 3. The van der Waals surface area contributed by atoms with Gasteiger partial charge in [0.25, 0.3) is 0 Å². The molecule has 2 bridgehead atoms. The smallest absolute Gasteiger partial charge is 0.348 e. The highest BCUT2D eigenvalue weighted by Gasteiger charge is 2.45. The highest BCUT2D eigenvalue weighted by Crippen LogP contribution is 2.37. The van der Waals surface area contributed by atoms with E-state index in [1.54, 1.807) is 30.9 Å². The van der Waals surface area contributed by atoms with E-state index in [2.05, 4.69) is 25.0 Å². The Kier molecular flexibility index (Phi) is 3.61. The molecule has 3 aromatic rings. The number of anilines is 1. The number of halogens is 3. The monoisotopic (exact) mass is 374 g/mol. The summed E-state index contributed by atoms with van der Waals surface area (Å²) in [6.07, 6.45) is 1.75. The molecule has 0 aliphatic carbocycles. The number of nitrogens with zero attached hydrogens (tertiary/aromatic N) is 6. The summed E-state index contributed by atoms with van der Waals surface area (Å²) in [6.45, 7) is 1.76. The van der Waals surface area contributed by atoms with Crippen molar-refractivity contribution >= 4 is 11.5 Å². The van der Waals surface area contributed by atoms with E-state index in [9.17, 15) is 13.2 Å². The summed E-state index contributed by atoms with van der Waals surface area (Å²) in [4.78, 5) is 8.83. The molecule has 0 spiro atoms. The predicted molar refractivity (Wildman–Crippen MR) is 92.2 cm³/mol. The highest BCUT2D eigenvalue weighted by atomic mass is 19.4. The fraction of sp³-hybridized carbons (Fsp3) is 0.389. The van der Waals surface area contributed by atoms with Crippen LogP contribution in [-0.4, -0.2) is 49.7 Å². The van der Waals surface area contributed by atoms with Gasteiger partial charge in [0, 0.05) is 44.1 Å². The summed E-state index contributed by atoms with van der Waals surface area (Å²) in [5.74, 6) is 0.790. The Labute approximate surface area is 153 Å². The van der Waals surface area contributed by atoms with E-state index >= 15 is 0 Å². The zero-order valence-electron chi connectivity index (χ0n) is 14.3. The number of likely N-dealkylation sites (tertiary alicyclic amines) is 1. The van der Waals surface area contributed by atoms with Crippen LogP contribution in [0.3, 0.4) is 0 Å². The number of aromatic nitrogens is 4. The van der Waals surface area contributed by atoms with E-state index in [4.69, 9.17) is 0 Å². The van der Waals surface area contributed by atoms with Gasteiger partial charge in [-0.3, -0.25) is 9.30 Å². The van der Waals surface area contributed by atoms with Gasteiger partial charge in [-0.15, -0.1) is 10.2 Å². The van der Waals surface area contributed by atoms with Gasteiger partial charge in [0.15, 0.2) is 5.82 Å². The molecular weight excluding hydrogens is 357 g/mol. The molecule has 2 aliphatic heterocycles. The van der Waals surface area contributed by atoms with Gasteiger partial charge in [-0.25, -0.2) is 4.98 Å². The van der Waals surface area contributed by atoms with Gasteiger partial charge in [-0.2, -0.15) is 13.2 Å². The van der Waals surface area contributed by atoms with Gasteiger partial charge >= 0.3 is 6.18 Å². The SMILES string of the molecule is FC(F)(F)c1ccccc1CN1CC2CC1CN2c1nccn2cnnc12. The van der Waals surface area contributed by atoms with Crippen molar-refractivity contribution in [2.45, 2.75) is 31.2 Å². The summed E-state index contributed by atoms with van der Waals surface area (Å²) < 4.78 is 41.6. The van der Waals surface area contributed by atoms with E-state index in [0.717, 1.165) is 24.8 Å². The fourth-order valence-electron chi connectivity index (χ4n) is 4.30. The van der Waals surface area contributed by atoms with Crippen LogP contribution in [0.4, 0.5) is 19.0 Å². The molecule has 2 aliphatic rings. The third-order valence-corrected chi connectivity index (χ3v) is 5.52. The van der Waals surface area contributed by atoms with Crippen molar-refractivity contribution in [3.8, 4) is 0 Å². The van der Waals surface area contributed by atoms with Crippen molar-refractivity contribution in [3.63, 3.8) is 0 Å². The molecule has 2 saturated heterocycles. The number of hydrogen-bond donors (Lipinski definition) is 0. The van der Waals surface area contributed by atoms with E-state index in [-0.39, 0.29) is 12.1 Å². The normalized spacial score (nSPS) is 22.9. The number of piperazine rings is 1. The van der Waals surface area contributed by atoms with Gasteiger partial charge in [0.1, 0.15) is 6.33 Å². The number of rotatable bonds is 3. The molecule has 4 heterocycles. The molecule has 5 rings (SSSR count). The van der Waals surface area contributed by atoms with Crippen LogP contribution in [-0.2, 0) is 12.7 Å². The van der Waals surface area contributed by atoms with Crippen LogP contribution in [0.25, 0.3) is 5.65 Å². The molecule has 0 radical (unpaired) electrons. The maximum Gasteiger partial charge on any atom is 0.416 e. The molecule has 9 heteroatoms. The maximum atomic E-state index is 13.3. The average molecular weight is 374 g/mol. The molecule has 0 saturated carbocycles. The Balaban J connectivity index is 1.36. The number of benzene rings is 1. The lowest BCUT2D eigenvalue weighted by Crippen LogP contribution is -2.46. The standard InChI is InChI=1S/C18H17F3N6/c19-18(20,21)15-4-2-1-3-12(15)8-26-9-14-7-13(26)10-27(14)16-17-24-23-11-25(17)6-5-22-16/h1-6,11,13-14H,7-10H2. The van der Waals surface area contributed by atoms with Crippen LogP contribution in [0.1, 0.15) is 17.5 Å². The zero-order chi connectivity index (χ0) is 18.6. The summed E-state index contributed by atoms with van der Waals surface area (Å²) in [6, 6.07) is 6.28. The van der Waals surface area contributed by atoms with Crippen LogP contribution in [0.5, 0.6) is 0 Å². The third kappa shape index (κ3) is 2.73. The minimum absolute atomic E-state index is 0.210. The summed E-state index contributed by atoms with van der Waals surface area (Å²) in [7, 11) is 0. The van der Waals surface area contributed by atoms with E-state index < -0.39 is 11.7 Å². The van der Waals surface area contributed by atoms with E-state index in [0.29, 0.717) is 24.3 Å². The lowest BCUT2D eigenvalue weighted by Gasteiger charge is -2.35. The molecule has 6 nitrogen and oxygen atoms in total. The van der Waals surface area contributed by atoms with Crippen molar-refractivity contribution in [1.29, 1.82) is 0 Å². The first-order chi connectivity index (χ1) is 13.0. The van der Waals surface area contributed by atoms with Crippen molar-refractivity contribution in [2.24, 2.45) is 0 Å². The first-order valence-corrected chi connectivity index (χ1v) is 8.81. The summed E-state index contributed by atoms with van der Waals surface area (Å²) in [5.41, 5.74) is 0.500. The third-order valence-electron chi connectivity index (χ3n) is 5.52. The quantitative estimate of drug-likeness (QED) is 0.705. The van der Waals surface area contributed by atoms with Crippen LogP contribution in [0.15, 0.2) is 43.0 Å². The largest absolute Gasteiger partial charge is 0.416 e. The molecule has 2 unspecified atom stereocenters. The highest BCUT2D eigenvalue weighted by molar-refractivity contribution is 5.64. The zero-order valence-corrected chi connectivity index (χ0v) is 14.3. The van der Waals surface area contributed by atoms with Crippen molar-refractivity contribution in [3.05, 3.63) is 54.1 Å². The first kappa shape index (κ1) is 16.5. The second kappa shape index (κ2) is 5.91. The minimum atomic E-state index is -4.32. The molecule has 2 aromatic heterocycles. The van der Waals surface area contributed by atoms with Gasteiger partial charge < -0.3 is 4.90 Å². The average Bonchev–Trinajstić information content (AvgIpc) is 3.36. The molecule has 2 atom stereocenters. The summed E-state index contributed by atoms with van der Waals surface area (Å²) in [5, 5.41) is 8.07. The molecule has 0 N–H and O–H groups in total. The van der Waals surface area contributed by atoms with Gasteiger partial charge in [0.05, 0.1) is 5.56 Å². The van der Waals surface area contributed by atoms with E-state index in [1.165, 1.54) is 6.07 Å². The molecule has 27 heavy (non-hydrogen) atoms. The second-order valence-corrected chi connectivity index (χ2v) is 7.09. The Bertz CT molecular complexity index is 984. The number of hydrogen-bond acceptors (Lipinski definition) is 5. The van der Waals surface area contributed by atoms with Crippen molar-refractivity contribution in [1.82, 2.24) is 24.5 Å². The predicted octanol–water partition coefficient (Wildman–Crippen LogP) is 2.61. The second-order valence-electron chi connectivity index (χ2n) is 7.09. The van der Waals surface area contributed by atoms with Crippen LogP contribution in [0, 0.1) is 0 Å². The maximum absolute atomic E-state index is 13.3. The van der Waals surface area contributed by atoms with Crippen molar-refractivity contribution < 1.29 is 13.2 Å². The summed E-state index contributed by atoms with van der Waals surface area (Å²) >= 11 is 0. The molecule has 0 amide bonds. The molecule has 2 fully saturated rings. The Morgan fingerprint density at radius 3 is 2.74 bits per heavy atom. The van der Waals surface area contributed by atoms with E-state index in [1.807, 2.05) is 4.40 Å². The number of fused-ring (bicyclic) bond motifs is 3. The van der Waals surface area contributed by atoms with Crippen molar-refractivity contribution in [2.75, 3.05) is 18.0 Å². The first-order valence-electron chi connectivity index (χ1n) is 8.81. The Morgan fingerprint density at radius 1 is 1.11 bits per heavy atom. The van der Waals surface area contributed by atoms with Gasteiger partial charge in [-0.05, 0) is 18.1 Å². The fourth-order valence-corrected chi connectivity index (χ4v) is 4.30. The molecule has 1 aromatic carbocycles.